The van der Waals surface area contributed by atoms with Crippen molar-refractivity contribution in [2.24, 2.45) is 17.8 Å². The molecule has 0 nitrogen and oxygen atoms in total. The van der Waals surface area contributed by atoms with E-state index in [1.54, 1.807) is 0 Å². The zero-order valence-corrected chi connectivity index (χ0v) is 7.61. The minimum Gasteiger partial charge on any atom is -0.171 e. The lowest BCUT2D eigenvalue weighted by Crippen LogP contribution is -2.28. The molecule has 0 amide bonds. The summed E-state index contributed by atoms with van der Waals surface area (Å²) in [5.74, 6) is 0.412. The van der Waals surface area contributed by atoms with Gasteiger partial charge in [-0.25, -0.2) is 0 Å². The Morgan fingerprint density at radius 1 is 0.692 bits per heavy atom. The van der Waals surface area contributed by atoms with E-state index in [1.165, 1.54) is 12.8 Å². The smallest absolute Gasteiger partial charge is 0.171 e. The van der Waals surface area contributed by atoms with Crippen LogP contribution in [0.4, 0.5) is 13.2 Å². The molecule has 0 unspecified atom stereocenters. The van der Waals surface area contributed by atoms with Crippen molar-refractivity contribution in [2.75, 3.05) is 0 Å². The molecule has 0 spiro atoms. The first-order valence-corrected chi connectivity index (χ1v) is 5.14. The maximum atomic E-state index is 12.3. The summed E-state index contributed by atoms with van der Waals surface area (Å²) in [6.45, 7) is 0. The van der Waals surface area contributed by atoms with Crippen LogP contribution < -0.4 is 0 Å². The average Bonchev–Trinajstić information content (AvgIpc) is 2.85. The molecule has 2 saturated carbocycles. The fourth-order valence-electron chi connectivity index (χ4n) is 2.49. The third-order valence-corrected chi connectivity index (χ3v) is 3.52. The Labute approximate surface area is 76.5 Å². The summed E-state index contributed by atoms with van der Waals surface area (Å²) in [6, 6.07) is 0. The van der Waals surface area contributed by atoms with E-state index in [9.17, 15) is 13.2 Å². The highest BCUT2D eigenvalue weighted by atomic mass is 19.4. The van der Waals surface area contributed by atoms with Crippen LogP contribution in [-0.2, 0) is 0 Å². The second-order valence-electron chi connectivity index (χ2n) is 4.49. The fraction of sp³-hybridized carbons (Fsp3) is 1.00. The molecule has 0 aliphatic heterocycles. The highest BCUT2D eigenvalue weighted by molar-refractivity contribution is 4.86. The Morgan fingerprint density at radius 2 is 1.08 bits per heavy atom. The summed E-state index contributed by atoms with van der Waals surface area (Å²) in [4.78, 5) is 0. The lowest BCUT2D eigenvalue weighted by molar-refractivity contribution is -0.184. The van der Waals surface area contributed by atoms with Gasteiger partial charge in [0.15, 0.2) is 0 Å². The lowest BCUT2D eigenvalue weighted by atomic mass is 9.79. The average molecular weight is 192 g/mol. The van der Waals surface area contributed by atoms with Crippen LogP contribution in [0, 0.1) is 17.8 Å². The SMILES string of the molecule is FC(F)(F)C1CCC(C2CC2)CC1. The zero-order valence-electron chi connectivity index (χ0n) is 7.61. The van der Waals surface area contributed by atoms with Crippen LogP contribution in [0.3, 0.4) is 0 Å². The molecule has 0 radical (unpaired) electrons. The van der Waals surface area contributed by atoms with Crippen LogP contribution in [0.1, 0.15) is 38.5 Å². The number of hydrogen-bond acceptors (Lipinski definition) is 0. The highest BCUT2D eigenvalue weighted by Gasteiger charge is 2.43. The number of alkyl halides is 3. The molecule has 0 saturated heterocycles. The molecule has 0 atom stereocenters. The fourth-order valence-corrected chi connectivity index (χ4v) is 2.49. The predicted octanol–water partition coefficient (Wildman–Crippen LogP) is 3.77. The molecule has 0 aromatic carbocycles. The van der Waals surface area contributed by atoms with Gasteiger partial charge in [0, 0.05) is 0 Å². The van der Waals surface area contributed by atoms with Gasteiger partial charge in [-0.1, -0.05) is 0 Å². The van der Waals surface area contributed by atoms with E-state index in [0.717, 1.165) is 18.8 Å². The number of rotatable bonds is 1. The molecule has 3 heteroatoms. The van der Waals surface area contributed by atoms with Gasteiger partial charge >= 0.3 is 6.18 Å². The molecule has 0 heterocycles. The van der Waals surface area contributed by atoms with E-state index in [2.05, 4.69) is 0 Å². The molecule has 2 rings (SSSR count). The Bertz CT molecular complexity index is 173. The third kappa shape index (κ3) is 2.18. The first kappa shape index (κ1) is 9.35. The topological polar surface area (TPSA) is 0 Å². The number of hydrogen-bond donors (Lipinski definition) is 0. The predicted molar refractivity (Wildman–Crippen MR) is 44.2 cm³/mol. The first-order chi connectivity index (χ1) is 6.07. The Morgan fingerprint density at radius 3 is 1.38 bits per heavy atom. The van der Waals surface area contributed by atoms with Gasteiger partial charge in [0.2, 0.25) is 0 Å². The van der Waals surface area contributed by atoms with Crippen molar-refractivity contribution in [1.29, 1.82) is 0 Å². The molecular weight excluding hydrogens is 177 g/mol. The second kappa shape index (κ2) is 3.18. The van der Waals surface area contributed by atoms with E-state index in [0.29, 0.717) is 18.8 Å². The normalized spacial score (nSPS) is 36.2. The van der Waals surface area contributed by atoms with Crippen molar-refractivity contribution >= 4 is 0 Å². The zero-order chi connectivity index (χ0) is 9.47. The van der Waals surface area contributed by atoms with E-state index >= 15 is 0 Å². The van der Waals surface area contributed by atoms with Gasteiger partial charge in [-0.15, -0.1) is 0 Å². The van der Waals surface area contributed by atoms with Crippen molar-refractivity contribution in [3.8, 4) is 0 Å². The first-order valence-electron chi connectivity index (χ1n) is 5.14. The summed E-state index contributed by atoms with van der Waals surface area (Å²) in [6.07, 6.45) is 0.982. The maximum Gasteiger partial charge on any atom is 0.391 e. The van der Waals surface area contributed by atoms with Crippen molar-refractivity contribution in [1.82, 2.24) is 0 Å². The summed E-state index contributed by atoms with van der Waals surface area (Å²) in [5, 5.41) is 0. The Hall–Kier alpha value is -0.210. The molecular formula is C10H15F3. The van der Waals surface area contributed by atoms with E-state index in [4.69, 9.17) is 0 Å². The van der Waals surface area contributed by atoms with E-state index in [-0.39, 0.29) is 0 Å². The second-order valence-corrected chi connectivity index (χ2v) is 4.49. The van der Waals surface area contributed by atoms with Crippen LogP contribution in [-0.4, -0.2) is 6.18 Å². The van der Waals surface area contributed by atoms with Crippen molar-refractivity contribution in [3.63, 3.8) is 0 Å². The van der Waals surface area contributed by atoms with Crippen molar-refractivity contribution < 1.29 is 13.2 Å². The third-order valence-electron chi connectivity index (χ3n) is 3.52. The molecule has 2 aliphatic carbocycles. The van der Waals surface area contributed by atoms with Crippen molar-refractivity contribution in [2.45, 2.75) is 44.7 Å². The molecule has 2 aliphatic rings. The van der Waals surface area contributed by atoms with Gasteiger partial charge in [-0.05, 0) is 50.4 Å². The monoisotopic (exact) mass is 192 g/mol. The molecule has 2 fully saturated rings. The van der Waals surface area contributed by atoms with Crippen LogP contribution in [0.5, 0.6) is 0 Å². The van der Waals surface area contributed by atoms with Gasteiger partial charge in [0.25, 0.3) is 0 Å². The van der Waals surface area contributed by atoms with Gasteiger partial charge in [0.1, 0.15) is 0 Å². The van der Waals surface area contributed by atoms with Gasteiger partial charge in [-0.2, -0.15) is 13.2 Å². The molecule has 0 bridgehead atoms. The quantitative estimate of drug-likeness (QED) is 0.593. The minimum atomic E-state index is -3.94. The summed E-state index contributed by atoms with van der Waals surface area (Å²) in [7, 11) is 0. The summed E-state index contributed by atoms with van der Waals surface area (Å²) >= 11 is 0. The molecule has 0 aromatic heterocycles. The van der Waals surface area contributed by atoms with Crippen LogP contribution in [0.25, 0.3) is 0 Å². The highest BCUT2D eigenvalue weighted by Crippen LogP contribution is 2.47. The Balaban J connectivity index is 1.81. The van der Waals surface area contributed by atoms with Crippen molar-refractivity contribution in [3.05, 3.63) is 0 Å². The number of halogens is 3. The van der Waals surface area contributed by atoms with Gasteiger partial charge < -0.3 is 0 Å². The Kier molecular flexibility index (Phi) is 2.28. The van der Waals surface area contributed by atoms with Crippen LogP contribution in [0.2, 0.25) is 0 Å². The molecule has 13 heavy (non-hydrogen) atoms. The summed E-state index contributed by atoms with van der Waals surface area (Å²) < 4.78 is 36.9. The maximum absolute atomic E-state index is 12.3. The van der Waals surface area contributed by atoms with E-state index in [1.807, 2.05) is 0 Å². The van der Waals surface area contributed by atoms with Crippen LogP contribution >= 0.6 is 0 Å². The molecule has 0 aromatic rings. The van der Waals surface area contributed by atoms with E-state index < -0.39 is 12.1 Å². The minimum absolute atomic E-state index is 0.380. The van der Waals surface area contributed by atoms with Crippen LogP contribution in [0.15, 0.2) is 0 Å². The summed E-state index contributed by atoms with van der Waals surface area (Å²) in [5.41, 5.74) is 0. The lowest BCUT2D eigenvalue weighted by Gasteiger charge is -2.29. The largest absolute Gasteiger partial charge is 0.391 e. The standard InChI is InChI=1S/C10H15F3/c11-10(12,13)9-5-3-8(4-6-9)7-1-2-7/h7-9H,1-6H2. The van der Waals surface area contributed by atoms with Gasteiger partial charge in [0.05, 0.1) is 5.92 Å². The molecule has 0 N–H and O–H groups in total. The van der Waals surface area contributed by atoms with Gasteiger partial charge in [-0.3, -0.25) is 0 Å². The molecule has 76 valence electrons.